The van der Waals surface area contributed by atoms with Crippen molar-refractivity contribution in [2.24, 2.45) is 13.0 Å². The van der Waals surface area contributed by atoms with Crippen LogP contribution in [0.15, 0.2) is 17.6 Å². The van der Waals surface area contributed by atoms with Crippen molar-refractivity contribution in [2.75, 3.05) is 20.1 Å². The third-order valence-electron chi connectivity index (χ3n) is 3.95. The van der Waals surface area contributed by atoms with Gasteiger partial charge in [-0.3, -0.25) is 0 Å². The van der Waals surface area contributed by atoms with E-state index in [0.29, 0.717) is 25.0 Å². The van der Waals surface area contributed by atoms with Crippen LogP contribution < -0.4 is 5.32 Å². The molecule has 7 heteroatoms. The lowest BCUT2D eigenvalue weighted by molar-refractivity contribution is 0.236. The van der Waals surface area contributed by atoms with Crippen molar-refractivity contribution < 1.29 is 8.42 Å². The zero-order chi connectivity index (χ0) is 14.0. The van der Waals surface area contributed by atoms with Gasteiger partial charge in [0.15, 0.2) is 5.03 Å². The number of sulfonamides is 1. The molecule has 0 amide bonds. The Hall–Kier alpha value is -0.920. The van der Waals surface area contributed by atoms with Gasteiger partial charge in [-0.15, -0.1) is 0 Å². The third kappa shape index (κ3) is 2.98. The maximum atomic E-state index is 12.4. The van der Waals surface area contributed by atoms with E-state index in [0.717, 1.165) is 12.8 Å². The Labute approximate surface area is 114 Å². The molecule has 1 aliphatic heterocycles. The van der Waals surface area contributed by atoms with Crippen molar-refractivity contribution in [1.29, 1.82) is 0 Å². The molecule has 2 rings (SSSR count). The minimum atomic E-state index is -3.42. The number of aromatic nitrogens is 2. The first-order valence-corrected chi connectivity index (χ1v) is 8.04. The molecule has 6 nitrogen and oxygen atoms in total. The summed E-state index contributed by atoms with van der Waals surface area (Å²) >= 11 is 0. The Balaban J connectivity index is 2.05. The molecule has 2 heterocycles. The summed E-state index contributed by atoms with van der Waals surface area (Å²) in [4.78, 5) is 3.95. The molecule has 1 fully saturated rings. The molecule has 1 atom stereocenters. The lowest BCUT2D eigenvalue weighted by Crippen LogP contribution is -2.43. The summed E-state index contributed by atoms with van der Waals surface area (Å²) in [6, 6.07) is 0.430. The number of imidazole rings is 1. The Bertz CT molecular complexity index is 518. The monoisotopic (exact) mass is 286 g/mol. The lowest BCUT2D eigenvalue weighted by atomic mass is 9.91. The second-order valence-electron chi connectivity index (χ2n) is 5.20. The number of hydrogen-bond donors (Lipinski definition) is 1. The molecular weight excluding hydrogens is 264 g/mol. The Morgan fingerprint density at radius 2 is 2.05 bits per heavy atom. The molecule has 1 unspecified atom stereocenters. The van der Waals surface area contributed by atoms with E-state index in [1.54, 1.807) is 22.1 Å². The molecule has 0 bridgehead atoms. The molecule has 0 saturated carbocycles. The van der Waals surface area contributed by atoms with E-state index < -0.39 is 10.0 Å². The molecule has 0 aromatic carbocycles. The Kier molecular flexibility index (Phi) is 4.27. The minimum Gasteiger partial charge on any atom is -0.339 e. The van der Waals surface area contributed by atoms with Crippen LogP contribution in [-0.4, -0.2) is 48.5 Å². The third-order valence-corrected chi connectivity index (χ3v) is 5.73. The van der Waals surface area contributed by atoms with E-state index in [1.165, 1.54) is 6.33 Å². The highest BCUT2D eigenvalue weighted by molar-refractivity contribution is 7.89. The van der Waals surface area contributed by atoms with E-state index in [9.17, 15) is 8.42 Å². The first-order chi connectivity index (χ1) is 8.95. The van der Waals surface area contributed by atoms with Crippen molar-refractivity contribution in [3.63, 3.8) is 0 Å². The quantitative estimate of drug-likeness (QED) is 0.871. The van der Waals surface area contributed by atoms with Gasteiger partial charge in [0, 0.05) is 32.4 Å². The molecule has 1 N–H and O–H groups in total. The van der Waals surface area contributed by atoms with Crippen LogP contribution >= 0.6 is 0 Å². The van der Waals surface area contributed by atoms with Gasteiger partial charge >= 0.3 is 0 Å². The molecular formula is C12H22N4O2S. The molecule has 0 aliphatic carbocycles. The normalized spacial score (nSPS) is 20.6. The summed E-state index contributed by atoms with van der Waals surface area (Å²) < 4.78 is 28.0. The number of hydrogen-bond acceptors (Lipinski definition) is 4. The summed E-state index contributed by atoms with van der Waals surface area (Å²) in [5.74, 6) is 0.542. The van der Waals surface area contributed by atoms with Crippen LogP contribution in [0.1, 0.15) is 19.8 Å². The summed E-state index contributed by atoms with van der Waals surface area (Å²) in [6.45, 7) is 3.30. The standard InChI is InChI=1S/C12H22N4O2S/c1-10(13-2)11-4-6-16(7-5-11)19(17,18)12-8-15(3)9-14-12/h8-11,13H,4-7H2,1-3H3. The summed E-state index contributed by atoms with van der Waals surface area (Å²) in [5, 5.41) is 3.39. The lowest BCUT2D eigenvalue weighted by Gasteiger charge is -2.33. The second-order valence-corrected chi connectivity index (χ2v) is 7.08. The van der Waals surface area contributed by atoms with Crippen LogP contribution in [0.5, 0.6) is 0 Å². The van der Waals surface area contributed by atoms with E-state index in [-0.39, 0.29) is 5.03 Å². The van der Waals surface area contributed by atoms with Crippen LogP contribution in [0.25, 0.3) is 0 Å². The van der Waals surface area contributed by atoms with Crippen LogP contribution in [0.3, 0.4) is 0 Å². The molecule has 19 heavy (non-hydrogen) atoms. The van der Waals surface area contributed by atoms with Crippen molar-refractivity contribution >= 4 is 10.0 Å². The smallest absolute Gasteiger partial charge is 0.262 e. The zero-order valence-electron chi connectivity index (χ0n) is 11.7. The van der Waals surface area contributed by atoms with E-state index in [1.807, 2.05) is 7.05 Å². The number of piperidine rings is 1. The van der Waals surface area contributed by atoms with Gasteiger partial charge in [0.25, 0.3) is 10.0 Å². The molecule has 1 saturated heterocycles. The van der Waals surface area contributed by atoms with Crippen LogP contribution in [0, 0.1) is 5.92 Å². The SMILES string of the molecule is CNC(C)C1CCN(S(=O)(=O)c2cn(C)cn2)CC1. The highest BCUT2D eigenvalue weighted by Gasteiger charge is 2.32. The molecule has 1 aromatic heterocycles. The molecule has 1 aromatic rings. The van der Waals surface area contributed by atoms with E-state index in [4.69, 9.17) is 0 Å². The molecule has 108 valence electrons. The van der Waals surface area contributed by atoms with Gasteiger partial charge < -0.3 is 9.88 Å². The summed E-state index contributed by atoms with van der Waals surface area (Å²) in [7, 11) is 0.301. The van der Waals surface area contributed by atoms with Gasteiger partial charge in [0.2, 0.25) is 0 Å². The number of nitrogens with zero attached hydrogens (tertiary/aromatic N) is 3. The largest absolute Gasteiger partial charge is 0.339 e. The van der Waals surface area contributed by atoms with Crippen LogP contribution in [0.4, 0.5) is 0 Å². The molecule has 0 radical (unpaired) electrons. The van der Waals surface area contributed by atoms with Gasteiger partial charge in [-0.25, -0.2) is 13.4 Å². The maximum Gasteiger partial charge on any atom is 0.262 e. The second kappa shape index (κ2) is 5.60. The fourth-order valence-electron chi connectivity index (χ4n) is 2.51. The first kappa shape index (κ1) is 14.5. The van der Waals surface area contributed by atoms with Crippen molar-refractivity contribution in [2.45, 2.75) is 30.8 Å². The highest BCUT2D eigenvalue weighted by Crippen LogP contribution is 2.24. The predicted octanol–water partition coefficient (Wildman–Crippen LogP) is 0.429. The maximum absolute atomic E-state index is 12.4. The van der Waals surface area contributed by atoms with Gasteiger partial charge in [0.05, 0.1) is 6.33 Å². The fraction of sp³-hybridized carbons (Fsp3) is 0.750. The van der Waals surface area contributed by atoms with Gasteiger partial charge in [-0.2, -0.15) is 4.31 Å². The number of nitrogens with one attached hydrogen (secondary N) is 1. The van der Waals surface area contributed by atoms with Gasteiger partial charge in [0.1, 0.15) is 0 Å². The van der Waals surface area contributed by atoms with Gasteiger partial charge in [-0.1, -0.05) is 0 Å². The van der Waals surface area contributed by atoms with Crippen LogP contribution in [0.2, 0.25) is 0 Å². The predicted molar refractivity (Wildman–Crippen MR) is 73.2 cm³/mol. The average Bonchev–Trinajstić information content (AvgIpc) is 2.85. The Morgan fingerprint density at radius 3 is 2.53 bits per heavy atom. The molecule has 0 spiro atoms. The fourth-order valence-corrected chi connectivity index (χ4v) is 3.94. The van der Waals surface area contributed by atoms with Crippen molar-refractivity contribution in [3.05, 3.63) is 12.5 Å². The summed E-state index contributed by atoms with van der Waals surface area (Å²) in [5.41, 5.74) is 0. The number of aryl methyl sites for hydroxylation is 1. The van der Waals surface area contributed by atoms with E-state index in [2.05, 4.69) is 17.2 Å². The van der Waals surface area contributed by atoms with Crippen molar-refractivity contribution in [1.82, 2.24) is 19.2 Å². The molecule has 1 aliphatic rings. The zero-order valence-corrected chi connectivity index (χ0v) is 12.5. The van der Waals surface area contributed by atoms with Crippen LogP contribution in [-0.2, 0) is 17.1 Å². The first-order valence-electron chi connectivity index (χ1n) is 6.60. The van der Waals surface area contributed by atoms with Crippen molar-refractivity contribution in [3.8, 4) is 0 Å². The minimum absolute atomic E-state index is 0.148. The highest BCUT2D eigenvalue weighted by atomic mass is 32.2. The Morgan fingerprint density at radius 1 is 1.42 bits per heavy atom. The van der Waals surface area contributed by atoms with E-state index >= 15 is 0 Å². The number of rotatable bonds is 4. The van der Waals surface area contributed by atoms with Gasteiger partial charge in [-0.05, 0) is 32.7 Å². The summed E-state index contributed by atoms with van der Waals surface area (Å²) in [6.07, 6.45) is 4.86. The topological polar surface area (TPSA) is 67.2 Å². The average molecular weight is 286 g/mol.